The van der Waals surface area contributed by atoms with E-state index >= 15 is 0 Å². The fourth-order valence-electron chi connectivity index (χ4n) is 3.14. The second-order valence-corrected chi connectivity index (χ2v) is 8.59. The van der Waals surface area contributed by atoms with Crippen LogP contribution in [0.2, 0.25) is 0 Å². The number of rotatable bonds is 6. The summed E-state index contributed by atoms with van der Waals surface area (Å²) in [7, 11) is -3.93. The minimum absolute atomic E-state index is 0.0858. The zero-order chi connectivity index (χ0) is 19.1. The largest absolute Gasteiger partial charge is 0.292 e. The molecule has 1 aliphatic rings. The van der Waals surface area contributed by atoms with Crippen LogP contribution in [0.15, 0.2) is 66.1 Å². The highest BCUT2D eigenvalue weighted by Gasteiger charge is 2.67. The Bertz CT molecular complexity index is 993. The average Bonchev–Trinajstić information content (AvgIpc) is 3.38. The monoisotopic (exact) mass is 371 g/mol. The Morgan fingerprint density at radius 1 is 1.19 bits per heavy atom. The number of sulfone groups is 1. The molecule has 7 heteroatoms. The van der Waals surface area contributed by atoms with Crippen molar-refractivity contribution in [3.8, 4) is 0 Å². The lowest BCUT2D eigenvalue weighted by Crippen LogP contribution is -2.35. The quantitative estimate of drug-likeness (QED) is 0.335. The van der Waals surface area contributed by atoms with E-state index in [1.54, 1.807) is 12.1 Å². The van der Waals surface area contributed by atoms with Gasteiger partial charge in [0.1, 0.15) is 4.75 Å². The fraction of sp³-hybridized carbons (Fsp3) is 0.211. The molecule has 26 heavy (non-hydrogen) atoms. The summed E-state index contributed by atoms with van der Waals surface area (Å²) in [6.07, 6.45) is 1.64. The van der Waals surface area contributed by atoms with Gasteiger partial charge in [-0.2, -0.15) is 0 Å². The van der Waals surface area contributed by atoms with Gasteiger partial charge < -0.3 is 0 Å². The predicted molar refractivity (Wildman–Crippen MR) is 96.8 cm³/mol. The van der Waals surface area contributed by atoms with Crippen LogP contribution in [0, 0.1) is 23.0 Å². The Morgan fingerprint density at radius 3 is 2.23 bits per heavy atom. The van der Waals surface area contributed by atoms with Crippen LogP contribution in [0.1, 0.15) is 22.3 Å². The lowest BCUT2D eigenvalue weighted by Gasteiger charge is -2.17. The second-order valence-electron chi connectivity index (χ2n) is 6.39. The molecule has 0 N–H and O–H groups in total. The number of allylic oxidation sites excluding steroid dienone is 1. The number of nitro benzene ring substituents is 1. The first-order valence-corrected chi connectivity index (χ1v) is 9.45. The van der Waals surface area contributed by atoms with Gasteiger partial charge in [-0.3, -0.25) is 14.9 Å². The Labute approximate surface area is 151 Å². The molecule has 2 aromatic carbocycles. The van der Waals surface area contributed by atoms with E-state index in [4.69, 9.17) is 0 Å². The maximum Gasteiger partial charge on any atom is 0.269 e. The van der Waals surface area contributed by atoms with Crippen LogP contribution in [-0.2, 0) is 9.84 Å². The van der Waals surface area contributed by atoms with Gasteiger partial charge in [0.25, 0.3) is 5.69 Å². The number of aryl methyl sites for hydroxylation is 1. The highest BCUT2D eigenvalue weighted by atomic mass is 32.2. The first-order chi connectivity index (χ1) is 12.2. The maximum absolute atomic E-state index is 13.2. The van der Waals surface area contributed by atoms with Crippen molar-refractivity contribution in [2.45, 2.75) is 23.0 Å². The van der Waals surface area contributed by atoms with Crippen LogP contribution in [0.5, 0.6) is 0 Å². The molecule has 1 fully saturated rings. The Morgan fingerprint density at radius 2 is 1.77 bits per heavy atom. The molecule has 2 atom stereocenters. The molecule has 6 nitrogen and oxygen atoms in total. The average molecular weight is 371 g/mol. The van der Waals surface area contributed by atoms with Crippen molar-refractivity contribution in [3.63, 3.8) is 0 Å². The van der Waals surface area contributed by atoms with E-state index in [0.717, 1.165) is 5.56 Å². The molecule has 0 aromatic heterocycles. The molecule has 3 rings (SSSR count). The topological polar surface area (TPSA) is 94.3 Å². The van der Waals surface area contributed by atoms with Crippen LogP contribution < -0.4 is 0 Å². The molecule has 1 aliphatic carbocycles. The molecule has 0 spiro atoms. The lowest BCUT2D eigenvalue weighted by molar-refractivity contribution is -0.384. The molecule has 2 unspecified atom stereocenters. The Balaban J connectivity index is 2.05. The molecule has 0 bridgehead atoms. The summed E-state index contributed by atoms with van der Waals surface area (Å²) in [4.78, 5) is 23.4. The number of nitro groups is 1. The number of non-ortho nitro benzene ring substituents is 1. The number of ketones is 1. The van der Waals surface area contributed by atoms with Crippen LogP contribution in [0.4, 0.5) is 5.69 Å². The summed E-state index contributed by atoms with van der Waals surface area (Å²) in [5.41, 5.74) is 0.888. The lowest BCUT2D eigenvalue weighted by atomic mass is 10.0. The summed E-state index contributed by atoms with van der Waals surface area (Å²) >= 11 is 0. The molecular formula is C19H17NO5S. The Hall–Kier alpha value is -2.80. The standard InChI is InChI=1S/C19H17NO5S/c1-3-15-12-19(15,26(24,25)17-10-4-13(2)5-11-17)18(21)14-6-8-16(9-7-14)20(22)23/h3-11,15H,1,12H2,2H3. The van der Waals surface area contributed by atoms with E-state index in [0.29, 0.717) is 0 Å². The van der Waals surface area contributed by atoms with Crippen molar-refractivity contribution in [2.75, 3.05) is 0 Å². The van der Waals surface area contributed by atoms with E-state index < -0.39 is 31.2 Å². The SMILES string of the molecule is C=CC1CC1(C(=O)c1ccc([N+](=O)[O-])cc1)S(=O)(=O)c1ccc(C)cc1. The normalized spacial score (nSPS) is 21.8. The van der Waals surface area contributed by atoms with E-state index in [-0.39, 0.29) is 22.6 Å². The van der Waals surface area contributed by atoms with Crippen molar-refractivity contribution in [1.29, 1.82) is 0 Å². The number of nitrogens with zero attached hydrogens (tertiary/aromatic N) is 1. The number of benzene rings is 2. The fourth-order valence-corrected chi connectivity index (χ4v) is 5.31. The predicted octanol–water partition coefficient (Wildman–Crippen LogP) is 3.50. The molecule has 0 aliphatic heterocycles. The first kappa shape index (κ1) is 18.0. The molecule has 0 radical (unpaired) electrons. The zero-order valence-electron chi connectivity index (χ0n) is 14.1. The van der Waals surface area contributed by atoms with Crippen LogP contribution in [-0.4, -0.2) is 23.9 Å². The number of hydrogen-bond acceptors (Lipinski definition) is 5. The molecule has 2 aromatic rings. The number of carbonyl (C=O) groups is 1. The van der Waals surface area contributed by atoms with Crippen molar-refractivity contribution < 1.29 is 18.1 Å². The van der Waals surface area contributed by atoms with E-state index in [9.17, 15) is 23.3 Å². The van der Waals surface area contributed by atoms with Gasteiger partial charge in [0.2, 0.25) is 0 Å². The van der Waals surface area contributed by atoms with Crippen molar-refractivity contribution in [1.82, 2.24) is 0 Å². The third-order valence-corrected chi connectivity index (χ3v) is 7.29. The minimum atomic E-state index is -3.93. The van der Waals surface area contributed by atoms with Crippen molar-refractivity contribution in [2.24, 2.45) is 5.92 Å². The minimum Gasteiger partial charge on any atom is -0.292 e. The van der Waals surface area contributed by atoms with Crippen molar-refractivity contribution in [3.05, 3.63) is 82.4 Å². The number of carbonyl (C=O) groups excluding carboxylic acids is 1. The maximum atomic E-state index is 13.2. The summed E-state index contributed by atoms with van der Waals surface area (Å²) < 4.78 is 24.8. The molecule has 134 valence electrons. The number of hydrogen-bond donors (Lipinski definition) is 0. The van der Waals surface area contributed by atoms with Gasteiger partial charge in [0.15, 0.2) is 15.6 Å². The van der Waals surface area contributed by atoms with E-state index in [1.807, 2.05) is 6.92 Å². The van der Waals surface area contributed by atoms with Crippen LogP contribution >= 0.6 is 0 Å². The van der Waals surface area contributed by atoms with Gasteiger partial charge >= 0.3 is 0 Å². The van der Waals surface area contributed by atoms with Crippen molar-refractivity contribution >= 4 is 21.3 Å². The van der Waals surface area contributed by atoms with Gasteiger partial charge in [-0.1, -0.05) is 23.8 Å². The van der Waals surface area contributed by atoms with Crippen LogP contribution in [0.3, 0.4) is 0 Å². The third-order valence-electron chi connectivity index (χ3n) is 4.78. The first-order valence-electron chi connectivity index (χ1n) is 7.97. The highest BCUT2D eigenvalue weighted by molar-refractivity contribution is 7.94. The smallest absolute Gasteiger partial charge is 0.269 e. The van der Waals surface area contributed by atoms with E-state index in [1.165, 1.54) is 42.5 Å². The third kappa shape index (κ3) is 2.64. The van der Waals surface area contributed by atoms with Gasteiger partial charge in [-0.05, 0) is 37.6 Å². The zero-order valence-corrected chi connectivity index (χ0v) is 14.9. The number of Topliss-reactive ketones (excluding diaryl/α,β-unsaturated/α-hetero) is 1. The molecular weight excluding hydrogens is 354 g/mol. The van der Waals surface area contributed by atoms with Crippen LogP contribution in [0.25, 0.3) is 0 Å². The molecule has 1 saturated carbocycles. The molecule has 0 amide bonds. The Kier molecular flexibility index (Phi) is 4.28. The summed E-state index contributed by atoms with van der Waals surface area (Å²) in [5.74, 6) is -1.05. The van der Waals surface area contributed by atoms with Gasteiger partial charge in [-0.25, -0.2) is 8.42 Å². The molecule has 0 heterocycles. The van der Waals surface area contributed by atoms with E-state index in [2.05, 4.69) is 6.58 Å². The molecule has 0 saturated heterocycles. The van der Waals surface area contributed by atoms with Gasteiger partial charge in [-0.15, -0.1) is 6.58 Å². The van der Waals surface area contributed by atoms with Gasteiger partial charge in [0, 0.05) is 23.6 Å². The second kappa shape index (κ2) is 6.17. The summed E-state index contributed by atoms with van der Waals surface area (Å²) in [6.45, 7) is 5.49. The summed E-state index contributed by atoms with van der Waals surface area (Å²) in [5, 5.41) is 10.8. The summed E-state index contributed by atoms with van der Waals surface area (Å²) in [6, 6.07) is 11.3. The highest BCUT2D eigenvalue weighted by Crippen LogP contribution is 2.55. The van der Waals surface area contributed by atoms with Gasteiger partial charge in [0.05, 0.1) is 9.82 Å².